The first-order valence-corrected chi connectivity index (χ1v) is 9.35. The van der Waals surface area contributed by atoms with E-state index in [1.807, 2.05) is 6.92 Å². The van der Waals surface area contributed by atoms with E-state index < -0.39 is 0 Å². The topological polar surface area (TPSA) is 66.2 Å². The molecule has 4 rings (SSSR count). The van der Waals surface area contributed by atoms with Crippen LogP contribution >= 0.6 is 0 Å². The minimum atomic E-state index is 0.309. The van der Waals surface area contributed by atoms with Crippen molar-refractivity contribution in [2.45, 2.75) is 45.2 Å². The van der Waals surface area contributed by atoms with Gasteiger partial charge in [-0.05, 0) is 50.7 Å². The summed E-state index contributed by atoms with van der Waals surface area (Å²) >= 11 is 0. The molecule has 1 aromatic heterocycles. The van der Waals surface area contributed by atoms with Crippen molar-refractivity contribution in [3.8, 4) is 0 Å². The lowest BCUT2D eigenvalue weighted by atomic mass is 9.97. The van der Waals surface area contributed by atoms with Crippen molar-refractivity contribution in [1.82, 2.24) is 14.8 Å². The number of anilines is 2. The fraction of sp³-hybridized carbons (Fsp3) is 0.579. The monoisotopic (exact) mass is 341 g/mol. The second kappa shape index (κ2) is 7.04. The summed E-state index contributed by atoms with van der Waals surface area (Å²) in [6, 6.07) is 9.08. The first-order chi connectivity index (χ1) is 12.3. The molecule has 2 heterocycles. The standard InChI is InChI=1S/C19H27N5O/c1-14-21-22-19(24(14)16-6-7-16)12-20-17-4-2-3-5-18(17)23-10-8-15(13-25)9-11-23/h2-5,15-16,20,25H,6-13H2,1H3. The molecular weight excluding hydrogens is 314 g/mol. The zero-order valence-corrected chi connectivity index (χ0v) is 14.9. The Balaban J connectivity index is 1.46. The Morgan fingerprint density at radius 3 is 2.60 bits per heavy atom. The SMILES string of the molecule is Cc1nnc(CNc2ccccc2N2CCC(CO)CC2)n1C1CC1. The zero-order valence-electron chi connectivity index (χ0n) is 14.9. The number of nitrogens with zero attached hydrogens (tertiary/aromatic N) is 4. The Morgan fingerprint density at radius 2 is 1.88 bits per heavy atom. The maximum absolute atomic E-state index is 9.34. The minimum absolute atomic E-state index is 0.309. The van der Waals surface area contributed by atoms with Gasteiger partial charge in [0.15, 0.2) is 5.82 Å². The van der Waals surface area contributed by atoms with E-state index in [0.717, 1.165) is 43.3 Å². The number of aromatic nitrogens is 3. The molecule has 0 atom stereocenters. The molecule has 2 aliphatic rings. The van der Waals surface area contributed by atoms with Gasteiger partial charge in [0.1, 0.15) is 5.82 Å². The van der Waals surface area contributed by atoms with Gasteiger partial charge in [-0.1, -0.05) is 12.1 Å². The van der Waals surface area contributed by atoms with Crippen LogP contribution in [-0.2, 0) is 6.54 Å². The molecule has 1 saturated carbocycles. The number of hydrogen-bond acceptors (Lipinski definition) is 5. The van der Waals surface area contributed by atoms with Crippen LogP contribution in [0, 0.1) is 12.8 Å². The maximum atomic E-state index is 9.34. The first kappa shape index (κ1) is 16.4. The zero-order chi connectivity index (χ0) is 17.2. The molecule has 2 aromatic rings. The van der Waals surface area contributed by atoms with E-state index >= 15 is 0 Å². The number of piperidine rings is 1. The summed E-state index contributed by atoms with van der Waals surface area (Å²) in [6.07, 6.45) is 4.59. The summed E-state index contributed by atoms with van der Waals surface area (Å²) in [5.74, 6) is 2.49. The molecule has 134 valence electrons. The van der Waals surface area contributed by atoms with Gasteiger partial charge in [0.05, 0.1) is 17.9 Å². The number of rotatable bonds is 6. The van der Waals surface area contributed by atoms with Gasteiger partial charge in [0, 0.05) is 25.7 Å². The lowest BCUT2D eigenvalue weighted by Crippen LogP contribution is -2.35. The third kappa shape index (κ3) is 3.49. The summed E-state index contributed by atoms with van der Waals surface area (Å²) in [7, 11) is 0. The molecule has 0 bridgehead atoms. The van der Waals surface area contributed by atoms with E-state index in [2.05, 4.69) is 49.2 Å². The fourth-order valence-electron chi connectivity index (χ4n) is 3.77. The van der Waals surface area contributed by atoms with E-state index in [1.165, 1.54) is 18.5 Å². The van der Waals surface area contributed by atoms with Crippen LogP contribution in [0.4, 0.5) is 11.4 Å². The van der Waals surface area contributed by atoms with Gasteiger partial charge >= 0.3 is 0 Å². The number of hydrogen-bond donors (Lipinski definition) is 2. The molecule has 0 unspecified atom stereocenters. The van der Waals surface area contributed by atoms with Gasteiger partial charge in [-0.2, -0.15) is 0 Å². The number of aliphatic hydroxyl groups excluding tert-OH is 1. The molecule has 1 aliphatic heterocycles. The van der Waals surface area contributed by atoms with Crippen LogP contribution in [0.1, 0.15) is 43.4 Å². The van der Waals surface area contributed by atoms with Crippen LogP contribution in [0.2, 0.25) is 0 Å². The van der Waals surface area contributed by atoms with Gasteiger partial charge in [-0.25, -0.2) is 0 Å². The second-order valence-electron chi connectivity index (χ2n) is 7.25. The van der Waals surface area contributed by atoms with Crippen LogP contribution in [0.5, 0.6) is 0 Å². The molecule has 2 N–H and O–H groups in total. The van der Waals surface area contributed by atoms with Gasteiger partial charge < -0.3 is 19.9 Å². The first-order valence-electron chi connectivity index (χ1n) is 9.35. The Bertz CT molecular complexity index is 716. The van der Waals surface area contributed by atoms with Crippen molar-refractivity contribution in [2.24, 2.45) is 5.92 Å². The van der Waals surface area contributed by atoms with E-state index in [4.69, 9.17) is 0 Å². The number of benzene rings is 1. The van der Waals surface area contributed by atoms with Crippen LogP contribution < -0.4 is 10.2 Å². The highest BCUT2D eigenvalue weighted by Gasteiger charge is 2.28. The molecule has 2 fully saturated rings. The average Bonchev–Trinajstić information content (AvgIpc) is 3.43. The lowest BCUT2D eigenvalue weighted by Gasteiger charge is -2.34. The molecule has 0 amide bonds. The summed E-state index contributed by atoms with van der Waals surface area (Å²) < 4.78 is 2.28. The van der Waals surface area contributed by atoms with E-state index in [1.54, 1.807) is 0 Å². The van der Waals surface area contributed by atoms with E-state index in [9.17, 15) is 5.11 Å². The number of aryl methyl sites for hydroxylation is 1. The van der Waals surface area contributed by atoms with Gasteiger partial charge in [-0.3, -0.25) is 0 Å². The van der Waals surface area contributed by atoms with Crippen molar-refractivity contribution >= 4 is 11.4 Å². The minimum Gasteiger partial charge on any atom is -0.396 e. The molecule has 1 saturated heterocycles. The van der Waals surface area contributed by atoms with Crippen molar-refractivity contribution in [3.63, 3.8) is 0 Å². The predicted octanol–water partition coefficient (Wildman–Crippen LogP) is 2.74. The van der Waals surface area contributed by atoms with Gasteiger partial charge in [0.2, 0.25) is 0 Å². The van der Waals surface area contributed by atoms with Gasteiger partial charge in [-0.15, -0.1) is 10.2 Å². The maximum Gasteiger partial charge on any atom is 0.152 e. The summed E-state index contributed by atoms with van der Waals surface area (Å²) in [6.45, 7) is 5.04. The Morgan fingerprint density at radius 1 is 1.12 bits per heavy atom. The Hall–Kier alpha value is -2.08. The summed E-state index contributed by atoms with van der Waals surface area (Å²) in [5.41, 5.74) is 2.39. The molecule has 6 heteroatoms. The molecule has 6 nitrogen and oxygen atoms in total. The van der Waals surface area contributed by atoms with Crippen LogP contribution in [0.3, 0.4) is 0 Å². The third-order valence-corrected chi connectivity index (χ3v) is 5.40. The Kier molecular flexibility index (Phi) is 4.61. The van der Waals surface area contributed by atoms with Crippen LogP contribution in [0.25, 0.3) is 0 Å². The van der Waals surface area contributed by atoms with E-state index in [-0.39, 0.29) is 0 Å². The predicted molar refractivity (Wildman–Crippen MR) is 98.8 cm³/mol. The van der Waals surface area contributed by atoms with Crippen molar-refractivity contribution in [1.29, 1.82) is 0 Å². The normalized spacial score (nSPS) is 18.6. The van der Waals surface area contributed by atoms with Crippen molar-refractivity contribution in [2.75, 3.05) is 29.9 Å². The summed E-state index contributed by atoms with van der Waals surface area (Å²) in [4.78, 5) is 2.42. The molecular formula is C19H27N5O. The van der Waals surface area contributed by atoms with Gasteiger partial charge in [0.25, 0.3) is 0 Å². The second-order valence-corrected chi connectivity index (χ2v) is 7.25. The number of aliphatic hydroxyl groups is 1. The number of nitrogens with one attached hydrogen (secondary N) is 1. The Labute approximate surface area is 148 Å². The van der Waals surface area contributed by atoms with Crippen LogP contribution in [0.15, 0.2) is 24.3 Å². The molecule has 25 heavy (non-hydrogen) atoms. The quantitative estimate of drug-likeness (QED) is 0.846. The highest BCUT2D eigenvalue weighted by atomic mass is 16.3. The van der Waals surface area contributed by atoms with Crippen LogP contribution in [-0.4, -0.2) is 39.6 Å². The van der Waals surface area contributed by atoms with Crippen molar-refractivity contribution in [3.05, 3.63) is 35.9 Å². The van der Waals surface area contributed by atoms with Crippen molar-refractivity contribution < 1.29 is 5.11 Å². The van der Waals surface area contributed by atoms with E-state index in [0.29, 0.717) is 25.1 Å². The molecule has 1 aliphatic carbocycles. The number of para-hydroxylation sites is 2. The lowest BCUT2D eigenvalue weighted by molar-refractivity contribution is 0.203. The average molecular weight is 341 g/mol. The molecule has 0 spiro atoms. The highest BCUT2D eigenvalue weighted by molar-refractivity contribution is 5.70. The smallest absolute Gasteiger partial charge is 0.152 e. The molecule has 0 radical (unpaired) electrons. The summed E-state index contributed by atoms with van der Waals surface area (Å²) in [5, 5.41) is 21.5. The highest BCUT2D eigenvalue weighted by Crippen LogP contribution is 2.37. The fourth-order valence-corrected chi connectivity index (χ4v) is 3.77. The largest absolute Gasteiger partial charge is 0.396 e. The third-order valence-electron chi connectivity index (χ3n) is 5.40. The molecule has 1 aromatic carbocycles.